The molecule has 5 heteroatoms. The van der Waals surface area contributed by atoms with Gasteiger partial charge >= 0.3 is 6.09 Å². The van der Waals surface area contributed by atoms with E-state index >= 15 is 0 Å². The number of nitrogens with zero attached hydrogens (tertiary/aromatic N) is 1. The van der Waals surface area contributed by atoms with Crippen molar-refractivity contribution in [3.8, 4) is 6.19 Å². The molecule has 0 atom stereocenters. The third-order valence-electron chi connectivity index (χ3n) is 0.225. The minimum absolute atomic E-state index is 1.28. The van der Waals surface area contributed by atoms with Crippen molar-refractivity contribution >= 4 is 6.09 Å². The molecule has 0 aromatic heterocycles. The van der Waals surface area contributed by atoms with E-state index in [2.05, 4.69) is 0 Å². The van der Waals surface area contributed by atoms with Gasteiger partial charge in [0.15, 0.2) is 6.19 Å². The molecule has 7 heavy (non-hydrogen) atoms. The van der Waals surface area contributed by atoms with Gasteiger partial charge in [0, 0.05) is 0 Å². The van der Waals surface area contributed by atoms with E-state index in [0.717, 1.165) is 0 Å². The van der Waals surface area contributed by atoms with Crippen molar-refractivity contribution in [3.63, 3.8) is 0 Å². The van der Waals surface area contributed by atoms with Gasteiger partial charge < -0.3 is 5.11 Å². The molecule has 3 N–H and O–H groups in total. The zero-order valence-electron chi connectivity index (χ0n) is 3.30. The Kier molecular flexibility index (Phi) is 2.21. The third kappa shape index (κ3) is 4.56. The minimum Gasteiger partial charge on any atom is -0.464 e. The maximum Gasteiger partial charge on any atom is 0.424 e. The van der Waals surface area contributed by atoms with E-state index < -0.39 is 6.09 Å². The molecule has 5 nitrogen and oxygen atoms in total. The fourth-order valence-electron chi connectivity index (χ4n) is 0.0814. The molecule has 0 aliphatic heterocycles. The van der Waals surface area contributed by atoms with E-state index in [1.165, 1.54) is 6.19 Å². The second-order valence-electron chi connectivity index (χ2n) is 0.667. The number of hydrazine groups is 1. The van der Waals surface area contributed by atoms with Crippen LogP contribution in [0, 0.1) is 11.5 Å². The largest absolute Gasteiger partial charge is 0.464 e. The Morgan fingerprint density at radius 1 is 1.86 bits per heavy atom. The molecule has 0 saturated carbocycles. The summed E-state index contributed by atoms with van der Waals surface area (Å²) in [5.41, 5.74) is 3.30. The van der Waals surface area contributed by atoms with Crippen LogP contribution in [0.2, 0.25) is 0 Å². The van der Waals surface area contributed by atoms with E-state index in [9.17, 15) is 4.79 Å². The maximum atomic E-state index is 9.43. The van der Waals surface area contributed by atoms with Gasteiger partial charge in [-0.2, -0.15) is 5.26 Å². The summed E-state index contributed by atoms with van der Waals surface area (Å²) >= 11 is 0. The van der Waals surface area contributed by atoms with Crippen LogP contribution in [-0.4, -0.2) is 11.2 Å². The van der Waals surface area contributed by atoms with Crippen molar-refractivity contribution in [1.82, 2.24) is 10.9 Å². The summed E-state index contributed by atoms with van der Waals surface area (Å²) in [4.78, 5) is 9.43. The summed E-state index contributed by atoms with van der Waals surface area (Å²) in [5, 5.41) is 15.3. The molecule has 0 heterocycles. The number of hydrogen-bond donors (Lipinski definition) is 3. The van der Waals surface area contributed by atoms with E-state index in [0.29, 0.717) is 0 Å². The smallest absolute Gasteiger partial charge is 0.424 e. The zero-order valence-corrected chi connectivity index (χ0v) is 3.30. The maximum absolute atomic E-state index is 9.43. The van der Waals surface area contributed by atoms with Crippen LogP contribution >= 0.6 is 0 Å². The Labute approximate surface area is 39.5 Å². The van der Waals surface area contributed by atoms with Gasteiger partial charge in [-0.25, -0.2) is 15.6 Å². The molecule has 0 aliphatic carbocycles. The minimum atomic E-state index is -1.28. The predicted octanol–water partition coefficient (Wildman–Crippen LogP) is -0.760. The molecule has 0 bridgehead atoms. The van der Waals surface area contributed by atoms with Gasteiger partial charge in [-0.05, 0) is 0 Å². The summed E-state index contributed by atoms with van der Waals surface area (Å²) in [6, 6.07) is 0. The van der Waals surface area contributed by atoms with Gasteiger partial charge in [-0.3, -0.25) is 0 Å². The summed E-state index contributed by atoms with van der Waals surface area (Å²) < 4.78 is 0. The number of carboxylic acid groups (broad SMARTS) is 1. The molecule has 1 amide bonds. The molecule has 0 aromatic rings. The standard InChI is InChI=1S/C2H3N3O2/c3-1-4-5-2(6)7/h4-5H,(H,6,7). The summed E-state index contributed by atoms with van der Waals surface area (Å²) in [7, 11) is 0. The van der Waals surface area contributed by atoms with E-state index in [4.69, 9.17) is 10.4 Å². The highest BCUT2D eigenvalue weighted by Gasteiger charge is 1.84. The predicted molar refractivity (Wildman–Crippen MR) is 19.9 cm³/mol. The quantitative estimate of drug-likeness (QED) is 0.230. The van der Waals surface area contributed by atoms with Crippen LogP contribution in [0.5, 0.6) is 0 Å². The zero-order chi connectivity index (χ0) is 5.70. The number of carbonyl (C=O) groups is 1. The first kappa shape index (κ1) is 5.56. The summed E-state index contributed by atoms with van der Waals surface area (Å²) in [6.45, 7) is 0. The number of nitrogens with one attached hydrogen (secondary N) is 2. The van der Waals surface area contributed by atoms with Gasteiger partial charge in [0.25, 0.3) is 0 Å². The highest BCUT2D eigenvalue weighted by atomic mass is 16.4. The topological polar surface area (TPSA) is 85.2 Å². The normalized spacial score (nSPS) is 6.14. The lowest BCUT2D eigenvalue weighted by molar-refractivity contribution is 0.191. The molecule has 0 aromatic carbocycles. The molecule has 0 unspecified atom stereocenters. The third-order valence-corrected chi connectivity index (χ3v) is 0.225. The van der Waals surface area contributed by atoms with Crippen LogP contribution in [0.1, 0.15) is 0 Å². The Bertz CT molecular complexity index is 104. The van der Waals surface area contributed by atoms with Crippen molar-refractivity contribution in [2.45, 2.75) is 0 Å². The molecule has 0 spiro atoms. The second-order valence-corrected chi connectivity index (χ2v) is 0.667. The van der Waals surface area contributed by atoms with Crippen LogP contribution in [0.25, 0.3) is 0 Å². The van der Waals surface area contributed by atoms with Crippen molar-refractivity contribution in [1.29, 1.82) is 5.26 Å². The number of rotatable bonds is 1. The van der Waals surface area contributed by atoms with Gasteiger partial charge in [0.2, 0.25) is 0 Å². The molecular formula is C2H3N3O2. The van der Waals surface area contributed by atoms with Crippen molar-refractivity contribution in [2.75, 3.05) is 0 Å². The summed E-state index contributed by atoms with van der Waals surface area (Å²) in [6.07, 6.45) is 0.0807. The molecule has 0 fully saturated rings. The lowest BCUT2D eigenvalue weighted by Gasteiger charge is -1.88. The monoisotopic (exact) mass is 101 g/mol. The van der Waals surface area contributed by atoms with E-state index in [-0.39, 0.29) is 0 Å². The Morgan fingerprint density at radius 3 is 2.57 bits per heavy atom. The van der Waals surface area contributed by atoms with Gasteiger partial charge in [0.05, 0.1) is 0 Å². The fraction of sp³-hybridized carbons (Fsp3) is 0. The first-order chi connectivity index (χ1) is 3.27. The van der Waals surface area contributed by atoms with Crippen LogP contribution in [0.15, 0.2) is 0 Å². The number of hydrogen-bond acceptors (Lipinski definition) is 3. The van der Waals surface area contributed by atoms with Gasteiger partial charge in [-0.1, -0.05) is 0 Å². The highest BCUT2D eigenvalue weighted by molar-refractivity contribution is 5.63. The molecule has 0 rings (SSSR count). The second kappa shape index (κ2) is 2.78. The van der Waals surface area contributed by atoms with Crippen LogP contribution in [0.4, 0.5) is 4.79 Å². The van der Waals surface area contributed by atoms with Crippen molar-refractivity contribution < 1.29 is 9.90 Å². The van der Waals surface area contributed by atoms with Crippen LogP contribution < -0.4 is 10.9 Å². The first-order valence-corrected chi connectivity index (χ1v) is 1.40. The van der Waals surface area contributed by atoms with Crippen molar-refractivity contribution in [2.24, 2.45) is 0 Å². The van der Waals surface area contributed by atoms with Gasteiger partial charge in [0.1, 0.15) is 0 Å². The van der Waals surface area contributed by atoms with Crippen LogP contribution in [0.3, 0.4) is 0 Å². The SMILES string of the molecule is N#CNNC(=O)O. The fourth-order valence-corrected chi connectivity index (χ4v) is 0.0814. The van der Waals surface area contributed by atoms with E-state index in [1.54, 1.807) is 10.9 Å². The molecule has 0 aliphatic rings. The first-order valence-electron chi connectivity index (χ1n) is 1.40. The van der Waals surface area contributed by atoms with Crippen LogP contribution in [-0.2, 0) is 0 Å². The molecule has 38 valence electrons. The van der Waals surface area contributed by atoms with Gasteiger partial charge in [-0.15, -0.1) is 0 Å². The number of amides is 1. The Balaban J connectivity index is 3.02. The number of nitriles is 1. The highest BCUT2D eigenvalue weighted by Crippen LogP contribution is 1.48. The molecule has 0 saturated heterocycles. The molecular weight excluding hydrogens is 98.0 g/mol. The van der Waals surface area contributed by atoms with E-state index in [1.807, 2.05) is 0 Å². The average Bonchev–Trinajstić information content (AvgIpc) is 1.61. The Morgan fingerprint density at radius 2 is 2.43 bits per heavy atom. The lowest BCUT2D eigenvalue weighted by Crippen LogP contribution is -2.31. The molecule has 0 radical (unpaired) electrons. The van der Waals surface area contributed by atoms with Crippen molar-refractivity contribution in [3.05, 3.63) is 0 Å². The summed E-state index contributed by atoms with van der Waals surface area (Å²) in [5.74, 6) is 0. The lowest BCUT2D eigenvalue weighted by atomic mass is 11.2. The Hall–Kier alpha value is -1.44. The average molecular weight is 101 g/mol.